The normalized spacial score (nSPS) is 30.4. The van der Waals surface area contributed by atoms with Crippen molar-refractivity contribution in [3.05, 3.63) is 111 Å². The van der Waals surface area contributed by atoms with Crippen LogP contribution in [0.2, 0.25) is 0 Å². The molecule has 8 N–H and O–H groups in total. The summed E-state index contributed by atoms with van der Waals surface area (Å²) in [5.41, 5.74) is 8.28. The average molecular weight is 1230 g/mol. The van der Waals surface area contributed by atoms with E-state index in [1.807, 2.05) is 12.1 Å². The number of piperidine rings is 1. The van der Waals surface area contributed by atoms with Gasteiger partial charge in [-0.15, -0.1) is 0 Å². The van der Waals surface area contributed by atoms with Gasteiger partial charge in [0.1, 0.15) is 23.9 Å². The number of carbonyl (C=O) groups is 2. The van der Waals surface area contributed by atoms with Crippen molar-refractivity contribution in [1.82, 2.24) is 20.9 Å². The maximum absolute atomic E-state index is 14.5. The van der Waals surface area contributed by atoms with Gasteiger partial charge >= 0.3 is 0 Å². The minimum absolute atomic E-state index is 0.00720. The molecule has 4 heterocycles. The highest BCUT2D eigenvalue weighted by Gasteiger charge is 2.64. The van der Waals surface area contributed by atoms with Gasteiger partial charge in [-0.1, -0.05) is 87.4 Å². The van der Waals surface area contributed by atoms with E-state index in [2.05, 4.69) is 70.7 Å². The molecule has 16 nitrogen and oxygen atoms in total. The number of phenols is 1. The first kappa shape index (κ1) is 59.9. The Kier molecular flexibility index (Phi) is 15.9. The van der Waals surface area contributed by atoms with Gasteiger partial charge in [-0.05, 0) is 149 Å². The number of fused-ring (bicyclic) bond motifs is 3. The molecule has 4 aromatic rings. The molecule has 11 unspecified atom stereocenters. The first-order chi connectivity index (χ1) is 43.9. The number of phenolic OH excluding ortho intramolecular Hbond substituents is 1. The fourth-order valence-electron chi connectivity index (χ4n) is 19.8. The molecule has 7 aliphatic carbocycles. The van der Waals surface area contributed by atoms with E-state index < -0.39 is 40.8 Å². The van der Waals surface area contributed by atoms with Crippen molar-refractivity contribution in [2.45, 2.75) is 182 Å². The van der Waals surface area contributed by atoms with Crippen molar-refractivity contribution in [2.24, 2.45) is 29.6 Å². The minimum atomic E-state index is -1.09. The number of ether oxygens (including phenoxy) is 5. The molecule has 4 aliphatic heterocycles. The standard InChI is InChI=1S/C74H91N5O11/c1-42-18-21-47-15-8-11-30-73(47,78-42)90-59-37-57(87-32-31-76-50-16-6-4-7-17-50)51-24-25-52-63-56(77-70(84)66(59)65(51)63)36-58-64(52)68(82)53(41-89-58)45-33-60(86-3)69(83)61(34-45)88-40-49(39-80)74-48-22-19-43-13-12-14-44(67(43)74)20-26-55(74)54(27-23-48)72(28-9-5-10-29-72)79-62(81)35-46(38-75-2)71(79)85/h12-14,19-20,22,26,33-37,42,47-50,53-55,68,70,75-78,80,82-84H,4-11,15-18,21,23-25,27-32,38-41H2,1-3H3. The number of hydrogen-bond acceptors (Lipinski definition) is 15. The van der Waals surface area contributed by atoms with E-state index in [4.69, 9.17) is 23.7 Å². The Labute approximate surface area is 529 Å². The third-order valence-corrected chi connectivity index (χ3v) is 23.7. The van der Waals surface area contributed by atoms with Gasteiger partial charge in [0.2, 0.25) is 5.75 Å². The third kappa shape index (κ3) is 9.63. The number of carbonyl (C=O) groups excluding carboxylic acids is 2. The zero-order chi connectivity index (χ0) is 61.6. The zero-order valence-corrected chi connectivity index (χ0v) is 52.7. The predicted octanol–water partition coefficient (Wildman–Crippen LogP) is 11.0. The molecule has 11 atom stereocenters. The second-order valence-corrected chi connectivity index (χ2v) is 28.3. The molecule has 5 fully saturated rings. The van der Waals surface area contributed by atoms with Gasteiger partial charge in [0.15, 0.2) is 23.5 Å². The molecule has 0 radical (unpaired) electrons. The van der Waals surface area contributed by atoms with Crippen LogP contribution in [0.15, 0.2) is 66.3 Å². The summed E-state index contributed by atoms with van der Waals surface area (Å²) in [6.07, 6.45) is 28.0. The number of allylic oxidation sites excluding steroid dienone is 2. The lowest BCUT2D eigenvalue weighted by atomic mass is 9.43. The monoisotopic (exact) mass is 1230 g/mol. The maximum Gasteiger partial charge on any atom is 0.258 e. The van der Waals surface area contributed by atoms with Crippen LogP contribution in [0.1, 0.15) is 185 Å². The number of nitrogens with one attached hydrogen (secondary N) is 4. The van der Waals surface area contributed by atoms with E-state index in [9.17, 15) is 30.0 Å². The second kappa shape index (κ2) is 23.9. The number of hydrogen-bond donors (Lipinski definition) is 8. The van der Waals surface area contributed by atoms with Crippen LogP contribution in [-0.4, -0.2) is 114 Å². The van der Waals surface area contributed by atoms with Crippen LogP contribution in [0.5, 0.6) is 34.5 Å². The Bertz CT molecular complexity index is 3570. The van der Waals surface area contributed by atoms with E-state index in [1.54, 1.807) is 24.1 Å². The smallest absolute Gasteiger partial charge is 0.258 e. The highest BCUT2D eigenvalue weighted by Crippen LogP contribution is 2.65. The summed E-state index contributed by atoms with van der Waals surface area (Å²) in [6, 6.07) is 14.7. The van der Waals surface area contributed by atoms with Crippen molar-refractivity contribution in [2.75, 3.05) is 59.0 Å². The van der Waals surface area contributed by atoms with Gasteiger partial charge in [0, 0.05) is 106 Å². The van der Waals surface area contributed by atoms with Crippen LogP contribution in [0.3, 0.4) is 0 Å². The molecule has 478 valence electrons. The number of nitrogens with zero attached hydrogens (tertiary/aromatic N) is 1. The Balaban J connectivity index is 0.768. The van der Waals surface area contributed by atoms with Crippen molar-refractivity contribution in [3.63, 3.8) is 0 Å². The fraction of sp³-hybridized carbons (Fsp3) is 0.568. The number of amides is 2. The minimum Gasteiger partial charge on any atom is -0.502 e. The zero-order valence-electron chi connectivity index (χ0n) is 52.7. The first-order valence-electron chi connectivity index (χ1n) is 34.3. The quantitative estimate of drug-likeness (QED) is 0.0344. The van der Waals surface area contributed by atoms with E-state index in [-0.39, 0.29) is 72.7 Å². The number of benzene rings is 4. The Morgan fingerprint density at radius 2 is 1.58 bits per heavy atom. The lowest BCUT2D eigenvalue weighted by Gasteiger charge is -2.63. The number of imide groups is 1. The highest BCUT2D eigenvalue weighted by atomic mass is 16.5. The van der Waals surface area contributed by atoms with Crippen molar-refractivity contribution >= 4 is 29.7 Å². The van der Waals surface area contributed by atoms with Crippen LogP contribution in [-0.2, 0) is 27.8 Å². The fourth-order valence-corrected chi connectivity index (χ4v) is 19.8. The lowest BCUT2D eigenvalue weighted by molar-refractivity contribution is -0.154. The SMILES string of the molecule is CNCC1=CC(=O)N(C2(C3CCC4C=Cc5cccc6c5C4(C(CO)COc4cc(C5COc7cc8c9c(c7C5O)CCc5c(OCCNC7CCCCC7)cc(OC7%10CCCCC7CCC(C)N%10)c(c5-9)C(O)N8)cc(OC)c4O)C3C=C6)CCCCC2)C1=O. The largest absolute Gasteiger partial charge is 0.502 e. The summed E-state index contributed by atoms with van der Waals surface area (Å²) < 4.78 is 34.0. The topological polar surface area (TPSA) is 213 Å². The molecule has 0 bridgehead atoms. The van der Waals surface area contributed by atoms with E-state index >= 15 is 0 Å². The van der Waals surface area contributed by atoms with Gasteiger partial charge in [0.25, 0.3) is 11.8 Å². The number of methoxy groups -OCH3 is 1. The molecule has 11 aliphatic rings. The van der Waals surface area contributed by atoms with Crippen molar-refractivity contribution in [1.29, 1.82) is 0 Å². The molecule has 4 aromatic carbocycles. The summed E-state index contributed by atoms with van der Waals surface area (Å²) in [7, 11) is 3.30. The number of aliphatic hydroxyl groups is 3. The number of likely N-dealkylation sites (N-methyl/N-ethyl adjacent to an activating group) is 1. The van der Waals surface area contributed by atoms with Crippen molar-refractivity contribution in [3.8, 4) is 45.6 Å². The van der Waals surface area contributed by atoms with Gasteiger partial charge < -0.3 is 60.1 Å². The van der Waals surface area contributed by atoms with E-state index in [1.165, 1.54) is 51.7 Å². The first-order valence-corrected chi connectivity index (χ1v) is 34.3. The van der Waals surface area contributed by atoms with Gasteiger partial charge in [-0.25, -0.2) is 0 Å². The molecule has 15 rings (SSSR count). The third-order valence-electron chi connectivity index (χ3n) is 23.7. The average Bonchev–Trinajstić information content (AvgIpc) is 0.737. The van der Waals surface area contributed by atoms with Gasteiger partial charge in [0.05, 0.1) is 44.1 Å². The van der Waals surface area contributed by atoms with Crippen LogP contribution in [0.25, 0.3) is 23.3 Å². The molecule has 90 heavy (non-hydrogen) atoms. The van der Waals surface area contributed by atoms with Crippen molar-refractivity contribution < 1.29 is 53.7 Å². The predicted molar refractivity (Wildman–Crippen MR) is 345 cm³/mol. The number of rotatable bonds is 18. The van der Waals surface area contributed by atoms with Gasteiger partial charge in [-0.3, -0.25) is 19.8 Å². The number of aromatic hydroxyl groups is 1. The lowest BCUT2D eigenvalue weighted by Crippen LogP contribution is -2.66. The van der Waals surface area contributed by atoms with Crippen LogP contribution in [0.4, 0.5) is 5.69 Å². The molecule has 0 spiro atoms. The number of aliphatic hydroxyl groups excluding tert-OH is 3. The molecule has 0 aromatic heterocycles. The van der Waals surface area contributed by atoms with Crippen LogP contribution in [0, 0.1) is 29.6 Å². The van der Waals surface area contributed by atoms with Crippen LogP contribution < -0.4 is 45.0 Å². The molecule has 4 saturated carbocycles. The summed E-state index contributed by atoms with van der Waals surface area (Å²) in [5, 5.41) is 64.0. The molecule has 1 saturated heterocycles. The highest BCUT2D eigenvalue weighted by molar-refractivity contribution is 6.17. The summed E-state index contributed by atoms with van der Waals surface area (Å²) in [4.78, 5) is 30.5. The van der Waals surface area contributed by atoms with E-state index in [0.29, 0.717) is 84.6 Å². The molecule has 2 amide bonds. The maximum atomic E-state index is 14.5. The summed E-state index contributed by atoms with van der Waals surface area (Å²) >= 11 is 0. The Morgan fingerprint density at radius 3 is 2.38 bits per heavy atom. The Hall–Kier alpha value is -6.40. The Morgan fingerprint density at radius 1 is 0.811 bits per heavy atom. The van der Waals surface area contributed by atoms with Gasteiger partial charge in [-0.2, -0.15) is 0 Å². The summed E-state index contributed by atoms with van der Waals surface area (Å²) in [5.74, 6) is 0.498. The van der Waals surface area contributed by atoms with E-state index in [0.717, 1.165) is 121 Å². The number of anilines is 1. The van der Waals surface area contributed by atoms with Crippen LogP contribution >= 0.6 is 0 Å². The molecular weight excluding hydrogens is 1130 g/mol. The summed E-state index contributed by atoms with van der Waals surface area (Å²) in [6.45, 7) is 3.65. The molecule has 16 heteroatoms. The second-order valence-electron chi connectivity index (χ2n) is 28.3. The molecular formula is C74H91N5O11.